The molecule has 6 nitrogen and oxygen atoms in total. The van der Waals surface area contributed by atoms with Gasteiger partial charge in [-0.05, 0) is 25.8 Å². The molecule has 0 saturated heterocycles. The lowest BCUT2D eigenvalue weighted by molar-refractivity contribution is -0.119. The highest BCUT2D eigenvalue weighted by atomic mass is 32.2. The Labute approximate surface area is 127 Å². The van der Waals surface area contributed by atoms with Crippen molar-refractivity contribution in [1.29, 1.82) is 0 Å². The zero-order valence-electron chi connectivity index (χ0n) is 12.4. The number of thioether (sulfide) groups is 1. The molecule has 21 heavy (non-hydrogen) atoms. The molecule has 0 spiro atoms. The second-order valence-electron chi connectivity index (χ2n) is 4.63. The van der Waals surface area contributed by atoms with Gasteiger partial charge in [0.2, 0.25) is 5.91 Å². The van der Waals surface area contributed by atoms with Gasteiger partial charge in [0.1, 0.15) is 5.76 Å². The lowest BCUT2D eigenvalue weighted by atomic mass is 10.2. The van der Waals surface area contributed by atoms with E-state index in [1.54, 1.807) is 12.3 Å². The smallest absolute Gasteiger partial charge is 0.277 e. The van der Waals surface area contributed by atoms with E-state index in [0.29, 0.717) is 11.1 Å². The van der Waals surface area contributed by atoms with Crippen LogP contribution in [0.2, 0.25) is 0 Å². The Balaban J connectivity index is 1.89. The fourth-order valence-corrected chi connectivity index (χ4v) is 2.45. The maximum Gasteiger partial charge on any atom is 0.277 e. The molecule has 0 aromatic carbocycles. The third kappa shape index (κ3) is 4.10. The Morgan fingerprint density at radius 1 is 1.38 bits per heavy atom. The van der Waals surface area contributed by atoms with E-state index >= 15 is 0 Å². The lowest BCUT2D eigenvalue weighted by Crippen LogP contribution is -2.34. The van der Waals surface area contributed by atoms with Gasteiger partial charge in [-0.3, -0.25) is 4.79 Å². The molecule has 0 bridgehead atoms. The number of furan rings is 1. The molecule has 114 valence electrons. The van der Waals surface area contributed by atoms with Crippen molar-refractivity contribution in [3.63, 3.8) is 0 Å². The molecule has 0 aliphatic heterocycles. The molecule has 1 N–H and O–H groups in total. The van der Waals surface area contributed by atoms with Gasteiger partial charge < -0.3 is 14.2 Å². The van der Waals surface area contributed by atoms with Gasteiger partial charge in [0.15, 0.2) is 0 Å². The van der Waals surface area contributed by atoms with E-state index in [2.05, 4.69) is 29.4 Å². The third-order valence-electron chi connectivity index (χ3n) is 3.17. The van der Waals surface area contributed by atoms with Crippen molar-refractivity contribution in [2.75, 3.05) is 5.75 Å². The van der Waals surface area contributed by atoms with E-state index in [1.807, 2.05) is 6.92 Å². The molecule has 7 heteroatoms. The first-order chi connectivity index (χ1) is 10.1. The molecule has 2 aromatic heterocycles. The number of nitrogens with one attached hydrogen (secondary N) is 1. The van der Waals surface area contributed by atoms with Gasteiger partial charge in [-0.25, -0.2) is 0 Å². The van der Waals surface area contributed by atoms with E-state index in [4.69, 9.17) is 8.83 Å². The van der Waals surface area contributed by atoms with E-state index in [0.717, 1.165) is 24.2 Å². The van der Waals surface area contributed by atoms with Crippen LogP contribution in [0, 0.1) is 6.92 Å². The van der Waals surface area contributed by atoms with E-state index < -0.39 is 0 Å². The average Bonchev–Trinajstić information content (AvgIpc) is 3.11. The summed E-state index contributed by atoms with van der Waals surface area (Å²) in [5.41, 5.74) is 0.774. The molecule has 0 saturated carbocycles. The number of carbonyl (C=O) groups excluding carboxylic acids is 1. The van der Waals surface area contributed by atoms with Gasteiger partial charge in [0.05, 0.1) is 17.6 Å². The third-order valence-corrected chi connectivity index (χ3v) is 3.99. The molecule has 0 radical (unpaired) electrons. The predicted octanol–water partition coefficient (Wildman–Crippen LogP) is 3.03. The Kier molecular flexibility index (Phi) is 5.44. The van der Waals surface area contributed by atoms with Crippen molar-refractivity contribution >= 4 is 17.7 Å². The Bertz CT molecular complexity index is 590. The van der Waals surface area contributed by atoms with Gasteiger partial charge >= 0.3 is 0 Å². The quantitative estimate of drug-likeness (QED) is 0.792. The average molecular weight is 309 g/mol. The summed E-state index contributed by atoms with van der Waals surface area (Å²) < 4.78 is 10.7. The first kappa shape index (κ1) is 15.6. The van der Waals surface area contributed by atoms with E-state index in [9.17, 15) is 4.79 Å². The molecule has 2 aromatic rings. The summed E-state index contributed by atoms with van der Waals surface area (Å²) in [6.45, 7) is 5.94. The zero-order chi connectivity index (χ0) is 15.2. The lowest BCUT2D eigenvalue weighted by Gasteiger charge is -2.13. The number of carbonyl (C=O) groups is 1. The normalized spacial score (nSPS) is 11.0. The topological polar surface area (TPSA) is 81.2 Å². The number of nitrogens with zero attached hydrogens (tertiary/aromatic N) is 2. The van der Waals surface area contributed by atoms with Crippen LogP contribution in [0.3, 0.4) is 0 Å². The van der Waals surface area contributed by atoms with Crippen LogP contribution < -0.4 is 5.32 Å². The second kappa shape index (κ2) is 7.31. The van der Waals surface area contributed by atoms with E-state index in [-0.39, 0.29) is 17.7 Å². The van der Waals surface area contributed by atoms with Crippen LogP contribution in [-0.4, -0.2) is 27.9 Å². The minimum absolute atomic E-state index is 0.0204. The minimum Gasteiger partial charge on any atom is -0.469 e. The first-order valence-electron chi connectivity index (χ1n) is 6.94. The van der Waals surface area contributed by atoms with Gasteiger partial charge in [0.25, 0.3) is 11.1 Å². The summed E-state index contributed by atoms with van der Waals surface area (Å²) in [5, 5.41) is 11.2. The summed E-state index contributed by atoms with van der Waals surface area (Å²) in [7, 11) is 0. The monoisotopic (exact) mass is 309 g/mol. The molecule has 0 aliphatic rings. The highest BCUT2D eigenvalue weighted by Gasteiger charge is 2.15. The number of hydrogen-bond donors (Lipinski definition) is 1. The largest absolute Gasteiger partial charge is 0.469 e. The Hall–Kier alpha value is -1.76. The fourth-order valence-electron chi connectivity index (χ4n) is 1.87. The van der Waals surface area contributed by atoms with E-state index in [1.165, 1.54) is 11.8 Å². The van der Waals surface area contributed by atoms with Crippen LogP contribution in [0.25, 0.3) is 11.5 Å². The van der Waals surface area contributed by atoms with Gasteiger partial charge in [0, 0.05) is 6.04 Å². The molecule has 2 heterocycles. The maximum atomic E-state index is 11.8. The summed E-state index contributed by atoms with van der Waals surface area (Å²) >= 11 is 1.23. The fraction of sp³-hybridized carbons (Fsp3) is 0.500. The summed E-state index contributed by atoms with van der Waals surface area (Å²) in [4.78, 5) is 11.8. The highest BCUT2D eigenvalue weighted by Crippen LogP contribution is 2.26. The molecule has 0 fully saturated rings. The summed E-state index contributed by atoms with van der Waals surface area (Å²) in [6.07, 6.45) is 3.43. The molecular formula is C14H19N3O3S. The van der Waals surface area contributed by atoms with Crippen molar-refractivity contribution in [3.8, 4) is 11.5 Å². The van der Waals surface area contributed by atoms with Crippen LogP contribution in [0.4, 0.5) is 0 Å². The van der Waals surface area contributed by atoms with Gasteiger partial charge in [-0.1, -0.05) is 25.6 Å². The van der Waals surface area contributed by atoms with Crippen molar-refractivity contribution in [1.82, 2.24) is 15.5 Å². The maximum absolute atomic E-state index is 11.8. The second-order valence-corrected chi connectivity index (χ2v) is 5.56. The van der Waals surface area contributed by atoms with Crippen LogP contribution in [-0.2, 0) is 4.79 Å². The number of aromatic nitrogens is 2. The van der Waals surface area contributed by atoms with Crippen molar-refractivity contribution < 1.29 is 13.6 Å². The summed E-state index contributed by atoms with van der Waals surface area (Å²) in [5.74, 6) is 1.38. The van der Waals surface area contributed by atoms with Gasteiger partial charge in [-0.2, -0.15) is 0 Å². The Morgan fingerprint density at radius 3 is 2.76 bits per heavy atom. The molecule has 0 aliphatic carbocycles. The van der Waals surface area contributed by atoms with Crippen molar-refractivity contribution in [2.24, 2.45) is 0 Å². The minimum atomic E-state index is -0.0204. The number of rotatable bonds is 7. The van der Waals surface area contributed by atoms with Crippen LogP contribution in [0.15, 0.2) is 26.4 Å². The van der Waals surface area contributed by atoms with Crippen LogP contribution in [0.1, 0.15) is 32.4 Å². The molecule has 2 rings (SSSR count). The molecule has 1 amide bonds. The van der Waals surface area contributed by atoms with Crippen molar-refractivity contribution in [3.05, 3.63) is 18.1 Å². The summed E-state index contributed by atoms with van der Waals surface area (Å²) in [6, 6.07) is 2.00. The van der Waals surface area contributed by atoms with Gasteiger partial charge in [-0.15, -0.1) is 10.2 Å². The predicted molar refractivity (Wildman–Crippen MR) is 80.0 cm³/mol. The molecular weight excluding hydrogens is 290 g/mol. The van der Waals surface area contributed by atoms with Crippen LogP contribution in [0.5, 0.6) is 0 Å². The number of amides is 1. The highest BCUT2D eigenvalue weighted by molar-refractivity contribution is 7.99. The first-order valence-corrected chi connectivity index (χ1v) is 7.92. The number of aryl methyl sites for hydroxylation is 1. The number of hydrogen-bond acceptors (Lipinski definition) is 6. The van der Waals surface area contributed by atoms with Crippen LogP contribution >= 0.6 is 11.8 Å². The molecule has 0 atom stereocenters. The zero-order valence-corrected chi connectivity index (χ0v) is 13.2. The standard InChI is InChI=1S/C14H19N3O3S/c1-4-10(5-2)15-12(18)8-21-14-17-16-13(20-14)11-6-7-19-9(11)3/h6-7,10H,4-5,8H2,1-3H3,(H,15,18). The SMILES string of the molecule is CCC(CC)NC(=O)CSc1nnc(-c2ccoc2C)o1. The Morgan fingerprint density at radius 2 is 2.14 bits per heavy atom. The molecule has 0 unspecified atom stereocenters. The van der Waals surface area contributed by atoms with Crippen molar-refractivity contribution in [2.45, 2.75) is 44.9 Å².